The highest BCUT2D eigenvalue weighted by Gasteiger charge is 2.09. The molecule has 7 heteroatoms. The zero-order chi connectivity index (χ0) is 12.8. The van der Waals surface area contributed by atoms with E-state index in [4.69, 9.17) is 11.3 Å². The van der Waals surface area contributed by atoms with Gasteiger partial charge in [-0.1, -0.05) is 5.11 Å². The highest BCUT2D eigenvalue weighted by atomic mass is 19.1. The first-order chi connectivity index (χ1) is 8.08. The number of halogens is 1. The maximum absolute atomic E-state index is 13.4. The molecule has 0 bridgehead atoms. The van der Waals surface area contributed by atoms with Crippen LogP contribution in [0.1, 0.15) is 5.56 Å². The van der Waals surface area contributed by atoms with Gasteiger partial charge in [-0.3, -0.25) is 0 Å². The summed E-state index contributed by atoms with van der Waals surface area (Å²) in [4.78, 5) is 13.6. The second kappa shape index (κ2) is 5.53. The van der Waals surface area contributed by atoms with Crippen LogP contribution in [0.15, 0.2) is 29.0 Å². The van der Waals surface area contributed by atoms with Crippen LogP contribution in [0.2, 0.25) is 0 Å². The van der Waals surface area contributed by atoms with E-state index in [0.717, 1.165) is 19.3 Å². The minimum absolute atomic E-state index is 0.0759. The van der Waals surface area contributed by atoms with Crippen LogP contribution < -0.4 is 5.73 Å². The maximum atomic E-state index is 13.4. The molecular weight excluding hydrogens is 227 g/mol. The second-order valence-corrected chi connectivity index (χ2v) is 2.99. The van der Waals surface area contributed by atoms with Gasteiger partial charge in [0.1, 0.15) is 11.5 Å². The lowest BCUT2D eigenvalue weighted by Crippen LogP contribution is -2.02. The molecule has 0 aliphatic carbocycles. The molecule has 0 radical (unpaired) electrons. The topological polar surface area (TPSA) is 101 Å². The monoisotopic (exact) mass is 236 g/mol. The molecule has 0 saturated heterocycles. The number of nitrogens with zero attached hydrogens (tertiary/aromatic N) is 3. The van der Waals surface area contributed by atoms with Crippen LogP contribution in [0.25, 0.3) is 16.5 Å². The van der Waals surface area contributed by atoms with E-state index >= 15 is 0 Å². The molecule has 1 aromatic rings. The number of anilines is 1. The Balaban J connectivity index is 3.21. The third kappa shape index (κ3) is 3.22. The summed E-state index contributed by atoms with van der Waals surface area (Å²) in [5.41, 5.74) is 13.6. The Labute approximate surface area is 96.1 Å². The minimum Gasteiger partial charge on any atom is -0.466 e. The molecule has 1 aromatic carbocycles. The summed E-state index contributed by atoms with van der Waals surface area (Å²) in [7, 11) is 1.13. The smallest absolute Gasteiger partial charge is 0.340 e. The van der Waals surface area contributed by atoms with Gasteiger partial charge in [0.25, 0.3) is 0 Å². The average Bonchev–Trinajstić information content (AvgIpc) is 2.30. The summed E-state index contributed by atoms with van der Waals surface area (Å²) in [6.45, 7) is 0. The summed E-state index contributed by atoms with van der Waals surface area (Å²) < 4.78 is 17.8. The molecule has 0 fully saturated rings. The van der Waals surface area contributed by atoms with Crippen LogP contribution in [0, 0.1) is 5.82 Å². The highest BCUT2D eigenvalue weighted by molar-refractivity contribution is 5.93. The second-order valence-electron chi connectivity index (χ2n) is 2.99. The predicted octanol–water partition coefficient (Wildman–Crippen LogP) is 2.23. The van der Waals surface area contributed by atoms with E-state index in [1.807, 2.05) is 0 Å². The number of azide groups is 1. The number of nitrogen functional groups attached to an aromatic ring is 1. The van der Waals surface area contributed by atoms with Crippen LogP contribution in [0.5, 0.6) is 0 Å². The summed E-state index contributed by atoms with van der Waals surface area (Å²) in [6.07, 6.45) is 1.08. The first-order valence-electron chi connectivity index (χ1n) is 4.48. The molecule has 0 aliphatic heterocycles. The number of nitrogens with two attached hydrogens (primary N) is 1. The van der Waals surface area contributed by atoms with Crippen molar-refractivity contribution in [3.63, 3.8) is 0 Å². The zero-order valence-corrected chi connectivity index (χ0v) is 8.92. The van der Waals surface area contributed by atoms with Crippen molar-refractivity contribution in [3.8, 4) is 0 Å². The molecule has 0 aliphatic rings. The predicted molar refractivity (Wildman–Crippen MR) is 60.0 cm³/mol. The van der Waals surface area contributed by atoms with E-state index < -0.39 is 11.8 Å². The molecule has 2 N–H and O–H groups in total. The molecule has 0 amide bonds. The Bertz CT molecular complexity index is 521. The van der Waals surface area contributed by atoms with Crippen LogP contribution in [-0.4, -0.2) is 13.1 Å². The Morgan fingerprint density at radius 1 is 1.65 bits per heavy atom. The molecule has 0 atom stereocenters. The lowest BCUT2D eigenvalue weighted by Gasteiger charge is -2.01. The van der Waals surface area contributed by atoms with E-state index in [1.165, 1.54) is 12.1 Å². The molecule has 0 saturated carbocycles. The third-order valence-electron chi connectivity index (χ3n) is 1.86. The van der Waals surface area contributed by atoms with Crippen molar-refractivity contribution in [2.24, 2.45) is 5.11 Å². The fraction of sp³-hybridized carbons (Fsp3) is 0.100. The van der Waals surface area contributed by atoms with Crippen molar-refractivity contribution in [1.29, 1.82) is 0 Å². The van der Waals surface area contributed by atoms with Gasteiger partial charge in [-0.25, -0.2) is 9.18 Å². The molecular formula is C10H9FN4O2. The van der Waals surface area contributed by atoms with E-state index in [-0.39, 0.29) is 16.9 Å². The van der Waals surface area contributed by atoms with E-state index in [1.54, 1.807) is 0 Å². The van der Waals surface area contributed by atoms with Crippen LogP contribution in [0.4, 0.5) is 10.1 Å². The highest BCUT2D eigenvalue weighted by Crippen LogP contribution is 2.16. The number of hydrogen-bond acceptors (Lipinski definition) is 4. The van der Waals surface area contributed by atoms with E-state index in [2.05, 4.69) is 14.8 Å². The number of esters is 1. The lowest BCUT2D eigenvalue weighted by atomic mass is 10.1. The first-order valence-corrected chi connectivity index (χ1v) is 4.48. The van der Waals surface area contributed by atoms with Crippen molar-refractivity contribution < 1.29 is 13.9 Å². The van der Waals surface area contributed by atoms with Crippen molar-refractivity contribution in [2.45, 2.75) is 0 Å². The van der Waals surface area contributed by atoms with Crippen LogP contribution in [-0.2, 0) is 9.53 Å². The summed E-state index contributed by atoms with van der Waals surface area (Å²) in [5, 5.41) is 3.12. The fourth-order valence-electron chi connectivity index (χ4n) is 1.09. The molecule has 17 heavy (non-hydrogen) atoms. The molecule has 0 heterocycles. The van der Waals surface area contributed by atoms with Crippen molar-refractivity contribution in [1.82, 2.24) is 0 Å². The molecule has 1 rings (SSSR count). The fourth-order valence-corrected chi connectivity index (χ4v) is 1.09. The Morgan fingerprint density at radius 2 is 2.35 bits per heavy atom. The van der Waals surface area contributed by atoms with Crippen LogP contribution in [0.3, 0.4) is 0 Å². The number of carbonyl (C=O) groups is 1. The number of rotatable bonds is 3. The van der Waals surface area contributed by atoms with Crippen LogP contribution >= 0.6 is 0 Å². The van der Waals surface area contributed by atoms with Gasteiger partial charge in [0, 0.05) is 16.2 Å². The Morgan fingerprint density at radius 3 is 2.88 bits per heavy atom. The molecule has 0 unspecified atom stereocenters. The SMILES string of the molecule is COC(=O)/C(=C/c1ccc(N)cc1F)N=[N+]=[N-]. The van der Waals surface area contributed by atoms with Gasteiger partial charge in [-0.15, -0.1) is 0 Å². The van der Waals surface area contributed by atoms with Gasteiger partial charge in [-0.2, -0.15) is 0 Å². The minimum atomic E-state index is -0.848. The molecule has 6 nitrogen and oxygen atoms in total. The quantitative estimate of drug-likeness (QED) is 0.217. The van der Waals surface area contributed by atoms with Crippen molar-refractivity contribution >= 4 is 17.7 Å². The van der Waals surface area contributed by atoms with Gasteiger partial charge < -0.3 is 10.5 Å². The molecule has 0 spiro atoms. The standard InChI is InChI=1S/C10H9FN4O2/c1-17-10(16)9(14-15-13)4-6-2-3-7(12)5-8(6)11/h2-5H,12H2,1H3/b9-4-. The van der Waals surface area contributed by atoms with Gasteiger partial charge in [0.2, 0.25) is 0 Å². The average molecular weight is 236 g/mol. The molecule has 0 aromatic heterocycles. The van der Waals surface area contributed by atoms with Gasteiger partial charge >= 0.3 is 5.97 Å². The number of methoxy groups -OCH3 is 1. The summed E-state index contributed by atoms with van der Waals surface area (Å²) in [5.74, 6) is -1.47. The summed E-state index contributed by atoms with van der Waals surface area (Å²) in [6, 6.07) is 3.91. The Kier molecular flexibility index (Phi) is 4.08. The summed E-state index contributed by atoms with van der Waals surface area (Å²) >= 11 is 0. The molecule has 88 valence electrons. The normalized spacial score (nSPS) is 10.6. The van der Waals surface area contributed by atoms with Crippen molar-refractivity contribution in [2.75, 3.05) is 12.8 Å². The first kappa shape index (κ1) is 12.5. The lowest BCUT2D eigenvalue weighted by molar-refractivity contribution is -0.136. The number of hydrogen-bond donors (Lipinski definition) is 1. The zero-order valence-electron chi connectivity index (χ0n) is 8.92. The van der Waals surface area contributed by atoms with E-state index in [0.29, 0.717) is 0 Å². The van der Waals surface area contributed by atoms with Crippen molar-refractivity contribution in [3.05, 3.63) is 45.7 Å². The van der Waals surface area contributed by atoms with Gasteiger partial charge in [-0.05, 0) is 29.8 Å². The third-order valence-corrected chi connectivity index (χ3v) is 1.86. The number of ether oxygens (including phenoxy) is 1. The van der Waals surface area contributed by atoms with Gasteiger partial charge in [0.15, 0.2) is 0 Å². The van der Waals surface area contributed by atoms with E-state index in [9.17, 15) is 9.18 Å². The van der Waals surface area contributed by atoms with Gasteiger partial charge in [0.05, 0.1) is 7.11 Å². The largest absolute Gasteiger partial charge is 0.466 e. The number of benzene rings is 1. The number of carbonyl (C=O) groups excluding carboxylic acids is 1. The maximum Gasteiger partial charge on any atom is 0.340 e. The Hall–Kier alpha value is -2.53.